The maximum atomic E-state index is 5.44. The largest absolute Gasteiger partial charge is 0.381 e. The Hall–Kier alpha value is -0.120. The van der Waals surface area contributed by atoms with Gasteiger partial charge in [0, 0.05) is 13.2 Å². The maximum Gasteiger partial charge on any atom is 0.0701 e. The molecule has 2 N–H and O–H groups in total. The zero-order valence-electron chi connectivity index (χ0n) is 12.5. The zero-order valence-corrected chi connectivity index (χ0v) is 12.5. The molecule has 0 aliphatic carbocycles. The van der Waals surface area contributed by atoms with Crippen LogP contribution < -0.4 is 5.73 Å². The van der Waals surface area contributed by atoms with E-state index in [2.05, 4.69) is 18.6 Å². The highest BCUT2D eigenvalue weighted by Gasteiger charge is 1.95. The van der Waals surface area contributed by atoms with Gasteiger partial charge >= 0.3 is 0 Å². The molecule has 1 heterocycles. The van der Waals surface area contributed by atoms with Gasteiger partial charge in [-0.2, -0.15) is 0 Å². The quantitative estimate of drug-likeness (QED) is 0.457. The molecule has 0 unspecified atom stereocenters. The van der Waals surface area contributed by atoms with Crippen LogP contribution >= 0.6 is 0 Å². The summed E-state index contributed by atoms with van der Waals surface area (Å²) < 4.78 is 9.94. The van der Waals surface area contributed by atoms with E-state index in [0.29, 0.717) is 0 Å². The Morgan fingerprint density at radius 2 is 1.50 bits per heavy atom. The van der Waals surface area contributed by atoms with Gasteiger partial charge in [0.25, 0.3) is 0 Å². The van der Waals surface area contributed by atoms with Gasteiger partial charge in [-0.25, -0.2) is 0 Å². The van der Waals surface area contributed by atoms with E-state index in [4.69, 9.17) is 10.5 Å². The standard InChI is InChI=1S/C13H29NO.C2H4O/c1-13(2)9-6-4-3-5-7-11-15-12-8-10-14;1-2-3-1/h13H,3-12,14H2,1-2H3;1-2H2. The minimum atomic E-state index is 0.745. The van der Waals surface area contributed by atoms with Gasteiger partial charge in [-0.1, -0.05) is 46.0 Å². The topological polar surface area (TPSA) is 47.8 Å². The molecule has 0 amide bonds. The lowest BCUT2D eigenvalue weighted by Crippen LogP contribution is -2.04. The summed E-state index contributed by atoms with van der Waals surface area (Å²) >= 11 is 0. The third kappa shape index (κ3) is 21.2. The molecule has 3 heteroatoms. The summed E-state index contributed by atoms with van der Waals surface area (Å²) in [6.07, 6.45) is 9.06. The average molecular weight is 259 g/mol. The third-order valence-electron chi connectivity index (χ3n) is 2.77. The molecule has 1 aliphatic rings. The summed E-state index contributed by atoms with van der Waals surface area (Å²) in [5.41, 5.74) is 5.37. The Labute approximate surface area is 113 Å². The van der Waals surface area contributed by atoms with Gasteiger partial charge in [-0.15, -0.1) is 0 Å². The number of epoxide rings is 1. The second-order valence-corrected chi connectivity index (χ2v) is 5.32. The minimum Gasteiger partial charge on any atom is -0.381 e. The van der Waals surface area contributed by atoms with Crippen LogP contribution in [-0.2, 0) is 9.47 Å². The van der Waals surface area contributed by atoms with Crippen LogP contribution in [0.25, 0.3) is 0 Å². The number of rotatable bonds is 11. The molecule has 0 bridgehead atoms. The van der Waals surface area contributed by atoms with E-state index in [1.165, 1.54) is 38.5 Å². The van der Waals surface area contributed by atoms with E-state index in [9.17, 15) is 0 Å². The number of ether oxygens (including phenoxy) is 2. The lowest BCUT2D eigenvalue weighted by molar-refractivity contribution is 0.129. The van der Waals surface area contributed by atoms with Crippen molar-refractivity contribution in [2.75, 3.05) is 33.0 Å². The Morgan fingerprint density at radius 3 is 2.06 bits per heavy atom. The first-order chi connectivity index (χ1) is 8.77. The fraction of sp³-hybridized carbons (Fsp3) is 1.00. The fourth-order valence-electron chi connectivity index (χ4n) is 1.57. The van der Waals surface area contributed by atoms with E-state index in [1.54, 1.807) is 0 Å². The van der Waals surface area contributed by atoms with Crippen molar-refractivity contribution in [3.05, 3.63) is 0 Å². The maximum absolute atomic E-state index is 5.44. The molecule has 0 spiro atoms. The lowest BCUT2D eigenvalue weighted by Gasteiger charge is -2.05. The van der Waals surface area contributed by atoms with Crippen molar-refractivity contribution in [3.8, 4) is 0 Å². The summed E-state index contributed by atoms with van der Waals surface area (Å²) in [5, 5.41) is 0. The number of hydrogen-bond donors (Lipinski definition) is 1. The highest BCUT2D eigenvalue weighted by Crippen LogP contribution is 2.10. The predicted octanol–water partition coefficient (Wildman–Crippen LogP) is 3.37. The molecule has 110 valence electrons. The SMILES string of the molecule is C1CO1.CC(C)CCCCCCCOCCCN. The second-order valence-electron chi connectivity index (χ2n) is 5.32. The van der Waals surface area contributed by atoms with Crippen molar-refractivity contribution in [1.29, 1.82) is 0 Å². The first-order valence-electron chi connectivity index (χ1n) is 7.63. The summed E-state index contributed by atoms with van der Waals surface area (Å²) in [6.45, 7) is 9.10. The molecule has 1 saturated heterocycles. The van der Waals surface area contributed by atoms with Gasteiger partial charge in [0.05, 0.1) is 13.2 Å². The molecule has 0 aromatic carbocycles. The molecule has 0 aromatic rings. The summed E-state index contributed by atoms with van der Waals surface area (Å²) in [4.78, 5) is 0. The van der Waals surface area contributed by atoms with Crippen LogP contribution in [0.3, 0.4) is 0 Å². The normalized spacial score (nSPS) is 13.3. The van der Waals surface area contributed by atoms with Crippen LogP contribution in [0.4, 0.5) is 0 Å². The molecular formula is C15H33NO2. The van der Waals surface area contributed by atoms with Gasteiger partial charge in [0.2, 0.25) is 0 Å². The predicted molar refractivity (Wildman–Crippen MR) is 77.8 cm³/mol. The third-order valence-corrected chi connectivity index (χ3v) is 2.77. The minimum absolute atomic E-state index is 0.745. The van der Waals surface area contributed by atoms with Crippen molar-refractivity contribution < 1.29 is 9.47 Å². The van der Waals surface area contributed by atoms with Crippen LogP contribution in [0, 0.1) is 5.92 Å². The smallest absolute Gasteiger partial charge is 0.0701 e. The van der Waals surface area contributed by atoms with Crippen molar-refractivity contribution in [2.45, 2.75) is 58.8 Å². The highest BCUT2D eigenvalue weighted by atomic mass is 16.6. The van der Waals surface area contributed by atoms with Crippen molar-refractivity contribution in [3.63, 3.8) is 0 Å². The first-order valence-corrected chi connectivity index (χ1v) is 7.63. The van der Waals surface area contributed by atoms with Crippen molar-refractivity contribution >= 4 is 0 Å². The zero-order chi connectivity index (χ0) is 13.5. The molecule has 3 nitrogen and oxygen atoms in total. The molecule has 18 heavy (non-hydrogen) atoms. The summed E-state index contributed by atoms with van der Waals surface area (Å²) in [6, 6.07) is 0. The van der Waals surface area contributed by atoms with Crippen LogP contribution in [0.5, 0.6) is 0 Å². The van der Waals surface area contributed by atoms with E-state index >= 15 is 0 Å². The summed E-state index contributed by atoms with van der Waals surface area (Å²) in [7, 11) is 0. The monoisotopic (exact) mass is 259 g/mol. The molecule has 0 atom stereocenters. The molecule has 0 saturated carbocycles. The second kappa shape index (κ2) is 14.9. The van der Waals surface area contributed by atoms with Gasteiger partial charge in [-0.3, -0.25) is 0 Å². The van der Waals surface area contributed by atoms with Gasteiger partial charge in [-0.05, 0) is 25.3 Å². The average Bonchev–Trinajstić information content (AvgIpc) is 3.19. The molecule has 1 rings (SSSR count). The Balaban J connectivity index is 0.000000827. The summed E-state index contributed by atoms with van der Waals surface area (Å²) in [5.74, 6) is 0.865. The molecule has 0 radical (unpaired) electrons. The molecule has 0 aromatic heterocycles. The lowest BCUT2D eigenvalue weighted by atomic mass is 10.0. The van der Waals surface area contributed by atoms with Gasteiger partial charge in [0.15, 0.2) is 0 Å². The highest BCUT2D eigenvalue weighted by molar-refractivity contribution is 4.48. The molecular weight excluding hydrogens is 226 g/mol. The Bertz CT molecular complexity index is 147. The molecule has 1 aliphatic heterocycles. The van der Waals surface area contributed by atoms with E-state index in [-0.39, 0.29) is 0 Å². The number of hydrogen-bond acceptors (Lipinski definition) is 3. The first kappa shape index (κ1) is 17.9. The van der Waals surface area contributed by atoms with Crippen LogP contribution in [-0.4, -0.2) is 33.0 Å². The van der Waals surface area contributed by atoms with Crippen LogP contribution in [0.2, 0.25) is 0 Å². The van der Waals surface area contributed by atoms with E-state index in [0.717, 1.165) is 45.3 Å². The van der Waals surface area contributed by atoms with Crippen molar-refractivity contribution in [1.82, 2.24) is 0 Å². The van der Waals surface area contributed by atoms with Crippen LogP contribution in [0.1, 0.15) is 58.8 Å². The van der Waals surface area contributed by atoms with Crippen LogP contribution in [0.15, 0.2) is 0 Å². The fourth-order valence-corrected chi connectivity index (χ4v) is 1.57. The number of nitrogens with two attached hydrogens (primary N) is 1. The Kier molecular flexibility index (Phi) is 14.8. The van der Waals surface area contributed by atoms with E-state index in [1.807, 2.05) is 0 Å². The van der Waals surface area contributed by atoms with Gasteiger partial charge < -0.3 is 15.2 Å². The van der Waals surface area contributed by atoms with E-state index < -0.39 is 0 Å². The molecule has 1 fully saturated rings. The van der Waals surface area contributed by atoms with Crippen molar-refractivity contribution in [2.24, 2.45) is 11.7 Å². The number of unbranched alkanes of at least 4 members (excludes halogenated alkanes) is 4. The Morgan fingerprint density at radius 1 is 0.944 bits per heavy atom. The van der Waals surface area contributed by atoms with Gasteiger partial charge in [0.1, 0.15) is 0 Å².